The second-order valence-corrected chi connectivity index (χ2v) is 6.26. The Morgan fingerprint density at radius 1 is 0.947 bits per heavy atom. The lowest BCUT2D eigenvalue weighted by Crippen LogP contribution is -2.47. The molecule has 2 heteroatoms. The molecule has 1 unspecified atom stereocenters. The van der Waals surface area contributed by atoms with Gasteiger partial charge in [0, 0.05) is 12.6 Å². The summed E-state index contributed by atoms with van der Waals surface area (Å²) in [5.74, 6) is 0.927. The first-order valence-electron chi connectivity index (χ1n) is 8.77. The van der Waals surface area contributed by atoms with Crippen molar-refractivity contribution >= 4 is 0 Å². The third-order valence-corrected chi connectivity index (χ3v) is 4.41. The van der Waals surface area contributed by atoms with E-state index in [4.69, 9.17) is 0 Å². The molecule has 1 fully saturated rings. The van der Waals surface area contributed by atoms with Crippen molar-refractivity contribution in [1.82, 2.24) is 10.2 Å². The van der Waals surface area contributed by atoms with Gasteiger partial charge in [-0.05, 0) is 57.7 Å². The van der Waals surface area contributed by atoms with Crippen molar-refractivity contribution in [1.29, 1.82) is 0 Å². The summed E-state index contributed by atoms with van der Waals surface area (Å²) in [6.45, 7) is 11.9. The Morgan fingerprint density at radius 2 is 1.58 bits per heavy atom. The van der Waals surface area contributed by atoms with E-state index in [2.05, 4.69) is 31.0 Å². The molecule has 114 valence electrons. The van der Waals surface area contributed by atoms with Crippen LogP contribution in [0.3, 0.4) is 0 Å². The van der Waals surface area contributed by atoms with Crippen molar-refractivity contribution in [2.45, 2.75) is 78.2 Å². The highest BCUT2D eigenvalue weighted by Crippen LogP contribution is 2.27. The van der Waals surface area contributed by atoms with E-state index in [1.165, 1.54) is 77.5 Å². The van der Waals surface area contributed by atoms with Crippen LogP contribution in [0.15, 0.2) is 0 Å². The number of rotatable bonds is 10. The number of nitrogens with zero attached hydrogens (tertiary/aromatic N) is 1. The molecule has 1 N–H and O–H groups in total. The Bertz CT molecular complexity index is 193. The quantitative estimate of drug-likeness (QED) is 0.643. The fourth-order valence-corrected chi connectivity index (χ4v) is 3.45. The zero-order valence-electron chi connectivity index (χ0n) is 13.6. The van der Waals surface area contributed by atoms with Gasteiger partial charge < -0.3 is 10.2 Å². The highest BCUT2D eigenvalue weighted by Gasteiger charge is 2.24. The number of nitrogens with one attached hydrogen (secondary N) is 1. The van der Waals surface area contributed by atoms with Crippen LogP contribution in [0.2, 0.25) is 0 Å². The van der Waals surface area contributed by atoms with E-state index in [0.29, 0.717) is 0 Å². The summed E-state index contributed by atoms with van der Waals surface area (Å²) in [6, 6.07) is 0.735. The van der Waals surface area contributed by atoms with Gasteiger partial charge in [-0.15, -0.1) is 0 Å². The van der Waals surface area contributed by atoms with Crippen molar-refractivity contribution < 1.29 is 0 Å². The molecule has 1 rings (SSSR count). The summed E-state index contributed by atoms with van der Waals surface area (Å²) in [7, 11) is 0. The van der Waals surface area contributed by atoms with Crippen LogP contribution in [0.25, 0.3) is 0 Å². The molecule has 1 aliphatic rings. The first-order valence-corrected chi connectivity index (χ1v) is 8.77. The monoisotopic (exact) mass is 268 g/mol. The smallest absolute Gasteiger partial charge is 0.0223 e. The van der Waals surface area contributed by atoms with Gasteiger partial charge in [0.15, 0.2) is 0 Å². The second kappa shape index (κ2) is 10.7. The maximum Gasteiger partial charge on any atom is 0.0223 e. The average molecular weight is 268 g/mol. The van der Waals surface area contributed by atoms with Gasteiger partial charge in [-0.1, -0.05) is 40.0 Å². The SMILES string of the molecule is CCCNC(CN(CCC)CCC)C1CCCCC1. The molecular weight excluding hydrogens is 232 g/mol. The lowest BCUT2D eigenvalue weighted by Gasteiger charge is -2.35. The zero-order chi connectivity index (χ0) is 13.9. The topological polar surface area (TPSA) is 15.3 Å². The van der Waals surface area contributed by atoms with Crippen LogP contribution in [0.5, 0.6) is 0 Å². The summed E-state index contributed by atoms with van der Waals surface area (Å²) in [6.07, 6.45) is 11.1. The molecule has 0 spiro atoms. The Hall–Kier alpha value is -0.0800. The minimum Gasteiger partial charge on any atom is -0.312 e. The fraction of sp³-hybridized carbons (Fsp3) is 1.00. The molecule has 0 saturated heterocycles. The Balaban J connectivity index is 2.49. The van der Waals surface area contributed by atoms with Crippen molar-refractivity contribution in [3.8, 4) is 0 Å². The van der Waals surface area contributed by atoms with Crippen LogP contribution in [-0.4, -0.2) is 37.1 Å². The maximum absolute atomic E-state index is 3.84. The third kappa shape index (κ3) is 6.76. The standard InChI is InChI=1S/C17H36N2/c1-4-12-18-17(16-10-8-7-9-11-16)15-19(13-5-2)14-6-3/h16-18H,4-15H2,1-3H3. The van der Waals surface area contributed by atoms with E-state index >= 15 is 0 Å². The average Bonchev–Trinajstić information content (AvgIpc) is 2.44. The summed E-state index contributed by atoms with van der Waals surface area (Å²) in [5, 5.41) is 3.84. The molecule has 0 aromatic rings. The fourth-order valence-electron chi connectivity index (χ4n) is 3.45. The molecular formula is C17H36N2. The largest absolute Gasteiger partial charge is 0.312 e. The summed E-state index contributed by atoms with van der Waals surface area (Å²) in [5.41, 5.74) is 0. The van der Waals surface area contributed by atoms with Crippen molar-refractivity contribution in [2.24, 2.45) is 5.92 Å². The summed E-state index contributed by atoms with van der Waals surface area (Å²) < 4.78 is 0. The van der Waals surface area contributed by atoms with Gasteiger partial charge in [-0.25, -0.2) is 0 Å². The van der Waals surface area contributed by atoms with Crippen molar-refractivity contribution in [3.63, 3.8) is 0 Å². The Kier molecular flexibility index (Phi) is 9.54. The second-order valence-electron chi connectivity index (χ2n) is 6.26. The predicted octanol–water partition coefficient (Wildman–Crippen LogP) is 4.06. The van der Waals surface area contributed by atoms with E-state index in [1.54, 1.807) is 0 Å². The highest BCUT2D eigenvalue weighted by molar-refractivity contribution is 4.82. The minimum absolute atomic E-state index is 0.735. The molecule has 0 bridgehead atoms. The first-order chi connectivity index (χ1) is 9.31. The molecule has 0 radical (unpaired) electrons. The Labute approximate surface area is 121 Å². The van der Waals surface area contributed by atoms with Crippen molar-refractivity contribution in [2.75, 3.05) is 26.2 Å². The Morgan fingerprint density at radius 3 is 2.11 bits per heavy atom. The lowest BCUT2D eigenvalue weighted by atomic mass is 9.83. The molecule has 0 aliphatic heterocycles. The van der Waals surface area contributed by atoms with E-state index in [1.807, 2.05) is 0 Å². The predicted molar refractivity (Wildman–Crippen MR) is 85.7 cm³/mol. The molecule has 0 amide bonds. The van der Waals surface area contributed by atoms with E-state index in [-0.39, 0.29) is 0 Å². The van der Waals surface area contributed by atoms with Crippen LogP contribution in [0.4, 0.5) is 0 Å². The third-order valence-electron chi connectivity index (χ3n) is 4.41. The molecule has 1 saturated carbocycles. The minimum atomic E-state index is 0.735. The van der Waals surface area contributed by atoms with Gasteiger partial charge in [0.1, 0.15) is 0 Å². The maximum atomic E-state index is 3.84. The van der Waals surface area contributed by atoms with Crippen LogP contribution in [0, 0.1) is 5.92 Å². The molecule has 0 heterocycles. The van der Waals surface area contributed by atoms with E-state index in [9.17, 15) is 0 Å². The van der Waals surface area contributed by atoms with Gasteiger partial charge in [-0.2, -0.15) is 0 Å². The van der Waals surface area contributed by atoms with Crippen LogP contribution >= 0.6 is 0 Å². The molecule has 1 aliphatic carbocycles. The van der Waals surface area contributed by atoms with Gasteiger partial charge >= 0.3 is 0 Å². The number of hydrogen-bond donors (Lipinski definition) is 1. The van der Waals surface area contributed by atoms with Crippen LogP contribution in [0.1, 0.15) is 72.1 Å². The molecule has 19 heavy (non-hydrogen) atoms. The molecule has 0 aromatic heterocycles. The normalized spacial score (nSPS) is 18.9. The van der Waals surface area contributed by atoms with E-state index in [0.717, 1.165) is 12.0 Å². The van der Waals surface area contributed by atoms with E-state index < -0.39 is 0 Å². The molecule has 0 aromatic carbocycles. The van der Waals surface area contributed by atoms with Crippen molar-refractivity contribution in [3.05, 3.63) is 0 Å². The van der Waals surface area contributed by atoms with Gasteiger partial charge in [0.05, 0.1) is 0 Å². The zero-order valence-corrected chi connectivity index (χ0v) is 13.6. The van der Waals surface area contributed by atoms with Crippen LogP contribution in [-0.2, 0) is 0 Å². The molecule has 1 atom stereocenters. The van der Waals surface area contributed by atoms with Crippen LogP contribution < -0.4 is 5.32 Å². The summed E-state index contributed by atoms with van der Waals surface area (Å²) in [4.78, 5) is 2.68. The highest BCUT2D eigenvalue weighted by atomic mass is 15.1. The van der Waals surface area contributed by atoms with Gasteiger partial charge in [0.25, 0.3) is 0 Å². The first kappa shape index (κ1) is 17.0. The number of hydrogen-bond acceptors (Lipinski definition) is 2. The van der Waals surface area contributed by atoms with Gasteiger partial charge in [0.2, 0.25) is 0 Å². The summed E-state index contributed by atoms with van der Waals surface area (Å²) >= 11 is 0. The lowest BCUT2D eigenvalue weighted by molar-refractivity contribution is 0.183. The molecule has 2 nitrogen and oxygen atoms in total. The van der Waals surface area contributed by atoms with Gasteiger partial charge in [-0.3, -0.25) is 0 Å².